The molecular weight excluding hydrogens is 322 g/mol. The predicted molar refractivity (Wildman–Crippen MR) is 85.8 cm³/mol. The molecule has 19 heavy (non-hydrogen) atoms. The maximum absolute atomic E-state index is 6.04. The molecule has 0 spiro atoms. The van der Waals surface area contributed by atoms with E-state index in [4.69, 9.17) is 11.6 Å². The van der Waals surface area contributed by atoms with Gasteiger partial charge in [-0.1, -0.05) is 51.8 Å². The second-order valence-electron chi connectivity index (χ2n) is 4.68. The summed E-state index contributed by atoms with van der Waals surface area (Å²) in [5.74, 6) is 0. The smallest absolute Gasteiger partial charge is 0.0408 e. The summed E-state index contributed by atoms with van der Waals surface area (Å²) < 4.78 is 1.15. The highest BCUT2D eigenvalue weighted by atomic mass is 79.9. The summed E-state index contributed by atoms with van der Waals surface area (Å²) in [6.07, 6.45) is 0.929. The zero-order valence-corrected chi connectivity index (χ0v) is 13.4. The highest BCUT2D eigenvalue weighted by Crippen LogP contribution is 2.24. The molecule has 0 heterocycles. The molecule has 100 valence electrons. The van der Waals surface area contributed by atoms with Crippen molar-refractivity contribution in [2.45, 2.75) is 19.4 Å². The van der Waals surface area contributed by atoms with Gasteiger partial charge in [-0.05, 0) is 55.3 Å². The van der Waals surface area contributed by atoms with Gasteiger partial charge in [-0.25, -0.2) is 0 Å². The van der Waals surface area contributed by atoms with Crippen LogP contribution in [0.3, 0.4) is 0 Å². The Kier molecular flexibility index (Phi) is 5.03. The Morgan fingerprint density at radius 2 is 2.00 bits per heavy atom. The van der Waals surface area contributed by atoms with Crippen LogP contribution in [-0.2, 0) is 6.42 Å². The van der Waals surface area contributed by atoms with Crippen LogP contribution in [0, 0.1) is 6.92 Å². The van der Waals surface area contributed by atoms with Gasteiger partial charge in [0.15, 0.2) is 0 Å². The maximum Gasteiger partial charge on any atom is 0.0408 e. The molecule has 0 radical (unpaired) electrons. The highest BCUT2D eigenvalue weighted by Gasteiger charge is 2.11. The fourth-order valence-corrected chi connectivity index (χ4v) is 2.63. The molecule has 0 aromatic heterocycles. The maximum atomic E-state index is 6.04. The van der Waals surface area contributed by atoms with E-state index in [0.29, 0.717) is 6.04 Å². The summed E-state index contributed by atoms with van der Waals surface area (Å²) in [5, 5.41) is 4.17. The molecular formula is C16H17BrClN. The summed E-state index contributed by atoms with van der Waals surface area (Å²) in [7, 11) is 1.99. The normalized spacial score (nSPS) is 12.4. The topological polar surface area (TPSA) is 12.0 Å². The lowest BCUT2D eigenvalue weighted by atomic mass is 9.98. The van der Waals surface area contributed by atoms with Crippen LogP contribution in [0.15, 0.2) is 46.9 Å². The lowest BCUT2D eigenvalue weighted by Gasteiger charge is -2.18. The van der Waals surface area contributed by atoms with Crippen LogP contribution >= 0.6 is 27.5 Å². The van der Waals surface area contributed by atoms with E-state index in [0.717, 1.165) is 15.9 Å². The third kappa shape index (κ3) is 3.82. The first kappa shape index (κ1) is 14.6. The average Bonchev–Trinajstić information content (AvgIpc) is 2.39. The molecule has 1 N–H and O–H groups in total. The van der Waals surface area contributed by atoms with Crippen LogP contribution < -0.4 is 5.32 Å². The number of hydrogen-bond acceptors (Lipinski definition) is 1. The monoisotopic (exact) mass is 337 g/mol. The minimum absolute atomic E-state index is 0.297. The quantitative estimate of drug-likeness (QED) is 0.835. The van der Waals surface area contributed by atoms with Crippen molar-refractivity contribution in [2.75, 3.05) is 7.05 Å². The van der Waals surface area contributed by atoms with Gasteiger partial charge < -0.3 is 5.32 Å². The standard InChI is InChI=1S/C16H17BrClN/c1-11-8-13(6-7-15(11)17)16(19-2)10-12-4-3-5-14(18)9-12/h3-9,16,19H,10H2,1-2H3. The molecule has 2 rings (SSSR count). The van der Waals surface area contributed by atoms with Crippen LogP contribution in [0.4, 0.5) is 0 Å². The lowest BCUT2D eigenvalue weighted by molar-refractivity contribution is 0.591. The van der Waals surface area contributed by atoms with Crippen molar-refractivity contribution in [1.82, 2.24) is 5.32 Å². The van der Waals surface area contributed by atoms with Crippen molar-refractivity contribution < 1.29 is 0 Å². The Balaban J connectivity index is 2.22. The van der Waals surface area contributed by atoms with Crippen molar-refractivity contribution in [2.24, 2.45) is 0 Å². The van der Waals surface area contributed by atoms with Gasteiger partial charge in [-0.15, -0.1) is 0 Å². The molecule has 1 nitrogen and oxygen atoms in total. The Hall–Kier alpha value is -0.830. The van der Waals surface area contributed by atoms with Crippen molar-refractivity contribution in [3.8, 4) is 0 Å². The Morgan fingerprint density at radius 1 is 1.21 bits per heavy atom. The fraction of sp³-hybridized carbons (Fsp3) is 0.250. The van der Waals surface area contributed by atoms with Gasteiger partial charge in [0.1, 0.15) is 0 Å². The average molecular weight is 339 g/mol. The van der Waals surface area contributed by atoms with Crippen molar-refractivity contribution in [1.29, 1.82) is 0 Å². The number of hydrogen-bond donors (Lipinski definition) is 1. The molecule has 0 aliphatic rings. The molecule has 2 aromatic carbocycles. The minimum Gasteiger partial charge on any atom is -0.313 e. The van der Waals surface area contributed by atoms with Crippen LogP contribution in [-0.4, -0.2) is 7.05 Å². The van der Waals surface area contributed by atoms with E-state index in [-0.39, 0.29) is 0 Å². The molecule has 0 aliphatic heterocycles. The summed E-state index contributed by atoms with van der Waals surface area (Å²) in [4.78, 5) is 0. The molecule has 0 saturated heterocycles. The van der Waals surface area contributed by atoms with Crippen molar-refractivity contribution in [3.63, 3.8) is 0 Å². The van der Waals surface area contributed by atoms with Crippen LogP contribution in [0.1, 0.15) is 22.7 Å². The first-order valence-corrected chi connectivity index (χ1v) is 7.45. The van der Waals surface area contributed by atoms with E-state index in [2.05, 4.69) is 52.4 Å². The zero-order valence-electron chi connectivity index (χ0n) is 11.1. The molecule has 1 atom stereocenters. The fourth-order valence-electron chi connectivity index (χ4n) is 2.17. The van der Waals surface area contributed by atoms with Gasteiger partial charge in [0.2, 0.25) is 0 Å². The number of aryl methyl sites for hydroxylation is 1. The van der Waals surface area contributed by atoms with Crippen LogP contribution in [0.25, 0.3) is 0 Å². The van der Waals surface area contributed by atoms with Crippen LogP contribution in [0.5, 0.6) is 0 Å². The van der Waals surface area contributed by atoms with E-state index in [1.54, 1.807) is 0 Å². The first-order valence-electron chi connectivity index (χ1n) is 6.28. The molecule has 0 saturated carbocycles. The molecule has 2 aromatic rings. The number of rotatable bonds is 4. The third-order valence-electron chi connectivity index (χ3n) is 3.26. The second kappa shape index (κ2) is 6.56. The van der Waals surface area contributed by atoms with Gasteiger partial charge in [0, 0.05) is 15.5 Å². The van der Waals surface area contributed by atoms with E-state index in [1.165, 1.54) is 16.7 Å². The first-order chi connectivity index (χ1) is 9.10. The predicted octanol–water partition coefficient (Wildman–Crippen LogP) is 4.91. The molecule has 0 fully saturated rings. The van der Waals surface area contributed by atoms with Crippen molar-refractivity contribution >= 4 is 27.5 Å². The Bertz CT molecular complexity index is 568. The van der Waals surface area contributed by atoms with Crippen LogP contribution in [0.2, 0.25) is 5.02 Å². The number of nitrogens with one attached hydrogen (secondary N) is 1. The van der Waals surface area contributed by atoms with Gasteiger partial charge >= 0.3 is 0 Å². The summed E-state index contributed by atoms with van der Waals surface area (Å²) >= 11 is 9.58. The minimum atomic E-state index is 0.297. The third-order valence-corrected chi connectivity index (χ3v) is 4.39. The Labute approximate surface area is 128 Å². The largest absolute Gasteiger partial charge is 0.313 e. The van der Waals surface area contributed by atoms with E-state index in [1.807, 2.05) is 25.2 Å². The molecule has 0 aliphatic carbocycles. The molecule has 0 amide bonds. The number of halogens is 2. The lowest BCUT2D eigenvalue weighted by Crippen LogP contribution is -2.19. The molecule has 3 heteroatoms. The Morgan fingerprint density at radius 3 is 2.63 bits per heavy atom. The molecule has 1 unspecified atom stereocenters. The van der Waals surface area contributed by atoms with E-state index in [9.17, 15) is 0 Å². The number of likely N-dealkylation sites (N-methyl/N-ethyl adjacent to an activating group) is 1. The van der Waals surface area contributed by atoms with Gasteiger partial charge in [-0.2, -0.15) is 0 Å². The van der Waals surface area contributed by atoms with Crippen molar-refractivity contribution in [3.05, 3.63) is 68.7 Å². The zero-order chi connectivity index (χ0) is 13.8. The molecule has 0 bridgehead atoms. The van der Waals surface area contributed by atoms with E-state index >= 15 is 0 Å². The summed E-state index contributed by atoms with van der Waals surface area (Å²) in [6, 6.07) is 14.8. The van der Waals surface area contributed by atoms with E-state index < -0.39 is 0 Å². The summed E-state index contributed by atoms with van der Waals surface area (Å²) in [6.45, 7) is 2.11. The van der Waals surface area contributed by atoms with Gasteiger partial charge in [-0.3, -0.25) is 0 Å². The SMILES string of the molecule is CNC(Cc1cccc(Cl)c1)c1ccc(Br)c(C)c1. The number of benzene rings is 2. The highest BCUT2D eigenvalue weighted by molar-refractivity contribution is 9.10. The van der Waals surface area contributed by atoms with Gasteiger partial charge in [0.25, 0.3) is 0 Å². The second-order valence-corrected chi connectivity index (χ2v) is 5.97. The van der Waals surface area contributed by atoms with Gasteiger partial charge in [0.05, 0.1) is 0 Å². The summed E-state index contributed by atoms with van der Waals surface area (Å²) in [5.41, 5.74) is 3.79.